The summed E-state index contributed by atoms with van der Waals surface area (Å²) in [6, 6.07) is -1.87. The molecule has 1 rings (SSSR count). The standard InChI is InChI=1S/C11H19N3O5/c12-9(16)4-8(10(17)18)13-11(19)14-3-1-2-7(5-14)6-15/h7-8,15H,1-6H2,(H2,12,16)(H,13,19)(H,17,18)/t7?,8-/m1/s1. The van der Waals surface area contributed by atoms with Crippen molar-refractivity contribution in [3.05, 3.63) is 0 Å². The lowest BCUT2D eigenvalue weighted by molar-refractivity contribution is -0.141. The number of carboxylic acids is 1. The van der Waals surface area contributed by atoms with Crippen LogP contribution in [0.3, 0.4) is 0 Å². The summed E-state index contributed by atoms with van der Waals surface area (Å²) in [5.74, 6) is -2.08. The zero-order valence-electron chi connectivity index (χ0n) is 10.5. The van der Waals surface area contributed by atoms with E-state index in [1.54, 1.807) is 0 Å². The van der Waals surface area contributed by atoms with Gasteiger partial charge in [0, 0.05) is 19.7 Å². The minimum atomic E-state index is -1.32. The molecule has 0 saturated carbocycles. The molecule has 1 aliphatic heterocycles. The number of aliphatic hydroxyl groups excluding tert-OH is 1. The fourth-order valence-corrected chi connectivity index (χ4v) is 2.04. The van der Waals surface area contributed by atoms with Crippen molar-refractivity contribution < 1.29 is 24.6 Å². The molecule has 3 amide bonds. The van der Waals surface area contributed by atoms with E-state index < -0.39 is 30.4 Å². The monoisotopic (exact) mass is 273 g/mol. The predicted octanol–water partition coefficient (Wildman–Crippen LogP) is -1.27. The van der Waals surface area contributed by atoms with Crippen molar-refractivity contribution in [1.82, 2.24) is 10.2 Å². The lowest BCUT2D eigenvalue weighted by Crippen LogP contribution is -2.52. The number of aliphatic carboxylic acids is 1. The van der Waals surface area contributed by atoms with Gasteiger partial charge in [0.2, 0.25) is 5.91 Å². The quantitative estimate of drug-likeness (QED) is 0.495. The number of amides is 3. The minimum absolute atomic E-state index is 0.00652. The van der Waals surface area contributed by atoms with E-state index in [9.17, 15) is 14.4 Å². The molecule has 0 radical (unpaired) electrons. The van der Waals surface area contributed by atoms with Crippen molar-refractivity contribution in [3.63, 3.8) is 0 Å². The number of carbonyl (C=O) groups excluding carboxylic acids is 2. The van der Waals surface area contributed by atoms with Gasteiger partial charge in [-0.15, -0.1) is 0 Å². The Morgan fingerprint density at radius 2 is 2.11 bits per heavy atom. The zero-order chi connectivity index (χ0) is 14.4. The van der Waals surface area contributed by atoms with E-state index >= 15 is 0 Å². The van der Waals surface area contributed by atoms with Crippen LogP contribution in [-0.4, -0.2) is 58.8 Å². The third-order valence-corrected chi connectivity index (χ3v) is 3.07. The highest BCUT2D eigenvalue weighted by Gasteiger charge is 2.27. The van der Waals surface area contributed by atoms with E-state index in [-0.39, 0.29) is 12.5 Å². The summed E-state index contributed by atoms with van der Waals surface area (Å²) in [5, 5.41) is 20.2. The fraction of sp³-hybridized carbons (Fsp3) is 0.727. The molecule has 1 heterocycles. The lowest BCUT2D eigenvalue weighted by atomic mass is 9.99. The topological polar surface area (TPSA) is 133 Å². The smallest absolute Gasteiger partial charge is 0.326 e. The average Bonchev–Trinajstić information content (AvgIpc) is 2.37. The van der Waals surface area contributed by atoms with Gasteiger partial charge < -0.3 is 26.2 Å². The number of hydrogen-bond donors (Lipinski definition) is 4. The van der Waals surface area contributed by atoms with Crippen molar-refractivity contribution in [3.8, 4) is 0 Å². The number of aliphatic hydroxyl groups is 1. The SMILES string of the molecule is NC(=O)C[C@@H](NC(=O)N1CCCC(CO)C1)C(=O)O. The Labute approximate surface area is 110 Å². The van der Waals surface area contributed by atoms with Gasteiger partial charge in [-0.3, -0.25) is 4.79 Å². The number of nitrogens with zero attached hydrogens (tertiary/aromatic N) is 1. The van der Waals surface area contributed by atoms with Crippen molar-refractivity contribution in [2.24, 2.45) is 11.7 Å². The normalized spacial score (nSPS) is 20.7. The van der Waals surface area contributed by atoms with Crippen LogP contribution in [0, 0.1) is 5.92 Å². The molecule has 0 aromatic heterocycles. The van der Waals surface area contributed by atoms with Gasteiger partial charge in [-0.25, -0.2) is 9.59 Å². The number of piperidine rings is 1. The van der Waals surface area contributed by atoms with E-state index in [0.717, 1.165) is 12.8 Å². The Balaban J connectivity index is 2.56. The van der Waals surface area contributed by atoms with Gasteiger partial charge >= 0.3 is 12.0 Å². The number of carboxylic acid groups (broad SMARTS) is 1. The highest BCUT2D eigenvalue weighted by atomic mass is 16.4. The molecule has 0 spiro atoms. The van der Waals surface area contributed by atoms with E-state index in [2.05, 4.69) is 5.32 Å². The number of urea groups is 1. The third-order valence-electron chi connectivity index (χ3n) is 3.07. The molecule has 1 unspecified atom stereocenters. The average molecular weight is 273 g/mol. The maximum atomic E-state index is 11.9. The molecular formula is C11H19N3O5. The van der Waals surface area contributed by atoms with Gasteiger partial charge in [0.1, 0.15) is 6.04 Å². The zero-order valence-corrected chi connectivity index (χ0v) is 10.5. The first-order valence-corrected chi connectivity index (χ1v) is 6.11. The molecule has 108 valence electrons. The molecule has 1 fully saturated rings. The Morgan fingerprint density at radius 1 is 1.42 bits per heavy atom. The molecular weight excluding hydrogens is 254 g/mol. The maximum absolute atomic E-state index is 11.9. The van der Waals surface area contributed by atoms with Gasteiger partial charge in [-0.1, -0.05) is 0 Å². The third kappa shape index (κ3) is 4.74. The van der Waals surface area contributed by atoms with Crippen molar-refractivity contribution in [2.75, 3.05) is 19.7 Å². The molecule has 1 saturated heterocycles. The first kappa shape index (κ1) is 15.2. The number of hydrogen-bond acceptors (Lipinski definition) is 4. The van der Waals surface area contributed by atoms with Crippen molar-refractivity contribution >= 4 is 17.9 Å². The molecule has 0 aromatic carbocycles. The highest BCUT2D eigenvalue weighted by Crippen LogP contribution is 2.15. The molecule has 19 heavy (non-hydrogen) atoms. The summed E-state index contributed by atoms with van der Waals surface area (Å²) in [6.45, 7) is 0.879. The highest BCUT2D eigenvalue weighted by molar-refractivity contribution is 5.87. The van der Waals surface area contributed by atoms with Gasteiger partial charge in [0.15, 0.2) is 0 Å². The number of nitrogens with one attached hydrogen (secondary N) is 1. The summed E-state index contributed by atoms with van der Waals surface area (Å²) in [4.78, 5) is 34.9. The molecule has 1 aliphatic rings. The van der Waals surface area contributed by atoms with Crippen LogP contribution in [0.4, 0.5) is 4.79 Å². The van der Waals surface area contributed by atoms with E-state index in [4.69, 9.17) is 15.9 Å². The Morgan fingerprint density at radius 3 is 2.63 bits per heavy atom. The molecule has 8 heteroatoms. The minimum Gasteiger partial charge on any atom is -0.480 e. The molecule has 2 atom stereocenters. The second-order valence-electron chi connectivity index (χ2n) is 4.65. The summed E-state index contributed by atoms with van der Waals surface area (Å²) in [7, 11) is 0. The van der Waals surface area contributed by atoms with Crippen LogP contribution in [0.1, 0.15) is 19.3 Å². The van der Waals surface area contributed by atoms with Crippen LogP contribution in [-0.2, 0) is 9.59 Å². The van der Waals surface area contributed by atoms with Gasteiger partial charge in [0.25, 0.3) is 0 Å². The Hall–Kier alpha value is -1.83. The molecule has 0 aromatic rings. The van der Waals surface area contributed by atoms with Gasteiger partial charge in [-0.05, 0) is 18.8 Å². The van der Waals surface area contributed by atoms with E-state index in [1.807, 2.05) is 0 Å². The number of rotatable bonds is 5. The van der Waals surface area contributed by atoms with E-state index in [0.29, 0.717) is 13.1 Å². The van der Waals surface area contributed by atoms with Crippen LogP contribution in [0.25, 0.3) is 0 Å². The number of likely N-dealkylation sites (tertiary alicyclic amines) is 1. The number of carbonyl (C=O) groups is 3. The van der Waals surface area contributed by atoms with Gasteiger partial charge in [0.05, 0.1) is 6.42 Å². The van der Waals surface area contributed by atoms with Crippen LogP contribution < -0.4 is 11.1 Å². The first-order valence-electron chi connectivity index (χ1n) is 6.11. The number of nitrogens with two attached hydrogens (primary N) is 1. The second kappa shape index (κ2) is 6.93. The van der Waals surface area contributed by atoms with Crippen LogP contribution in [0.2, 0.25) is 0 Å². The number of primary amides is 1. The Kier molecular flexibility index (Phi) is 5.56. The summed E-state index contributed by atoms with van der Waals surface area (Å²) >= 11 is 0. The van der Waals surface area contributed by atoms with E-state index in [1.165, 1.54) is 4.90 Å². The van der Waals surface area contributed by atoms with Crippen LogP contribution >= 0.6 is 0 Å². The first-order chi connectivity index (χ1) is 8.93. The van der Waals surface area contributed by atoms with Crippen molar-refractivity contribution in [1.29, 1.82) is 0 Å². The fourth-order valence-electron chi connectivity index (χ4n) is 2.04. The maximum Gasteiger partial charge on any atom is 0.326 e. The van der Waals surface area contributed by atoms with Gasteiger partial charge in [-0.2, -0.15) is 0 Å². The molecule has 0 aliphatic carbocycles. The Bertz CT molecular complexity index is 360. The summed E-state index contributed by atoms with van der Waals surface area (Å²) in [6.07, 6.45) is 1.15. The molecule has 5 N–H and O–H groups in total. The largest absolute Gasteiger partial charge is 0.480 e. The summed E-state index contributed by atoms with van der Waals surface area (Å²) < 4.78 is 0. The lowest BCUT2D eigenvalue weighted by Gasteiger charge is -2.32. The molecule has 0 bridgehead atoms. The second-order valence-corrected chi connectivity index (χ2v) is 4.65. The summed E-state index contributed by atoms with van der Waals surface area (Å²) in [5.41, 5.74) is 4.93. The van der Waals surface area contributed by atoms with Crippen LogP contribution in [0.15, 0.2) is 0 Å². The van der Waals surface area contributed by atoms with Crippen molar-refractivity contribution in [2.45, 2.75) is 25.3 Å². The predicted molar refractivity (Wildman–Crippen MR) is 65.1 cm³/mol. The molecule has 8 nitrogen and oxygen atoms in total. The van der Waals surface area contributed by atoms with Crippen LogP contribution in [0.5, 0.6) is 0 Å².